The van der Waals surface area contributed by atoms with E-state index in [1.54, 1.807) is 0 Å². The van der Waals surface area contributed by atoms with E-state index in [9.17, 15) is 18.3 Å². The van der Waals surface area contributed by atoms with Gasteiger partial charge in [0.05, 0.1) is 18.1 Å². The smallest absolute Gasteiger partial charge is 0.339 e. The Kier molecular flexibility index (Phi) is 3.98. The average Bonchev–Trinajstić information content (AvgIpc) is 2.39. The van der Waals surface area contributed by atoms with Gasteiger partial charge in [-0.2, -0.15) is 4.31 Å². The SMILES string of the molecule is Cc1cc(O)c(C(=O)O)cc1S(=O)(=O)N1CCOCC1. The molecule has 1 fully saturated rings. The molecule has 1 aliphatic rings. The number of sulfonamides is 1. The summed E-state index contributed by atoms with van der Waals surface area (Å²) in [4.78, 5) is 10.9. The van der Waals surface area contributed by atoms with Crippen LogP contribution >= 0.6 is 0 Å². The number of aromatic hydroxyl groups is 1. The van der Waals surface area contributed by atoms with Gasteiger partial charge in [-0.05, 0) is 24.6 Å². The van der Waals surface area contributed by atoms with Crippen LogP contribution in [0.25, 0.3) is 0 Å². The second-order valence-corrected chi connectivity index (χ2v) is 6.36. The van der Waals surface area contributed by atoms with E-state index >= 15 is 0 Å². The first-order valence-electron chi connectivity index (χ1n) is 5.99. The first-order valence-corrected chi connectivity index (χ1v) is 7.43. The molecule has 0 aromatic heterocycles. The largest absolute Gasteiger partial charge is 0.507 e. The normalized spacial score (nSPS) is 17.1. The molecule has 8 heteroatoms. The molecule has 1 aromatic rings. The third-order valence-electron chi connectivity index (χ3n) is 3.11. The van der Waals surface area contributed by atoms with Gasteiger partial charge in [0.1, 0.15) is 11.3 Å². The first-order chi connectivity index (χ1) is 9.34. The number of hydrogen-bond acceptors (Lipinski definition) is 5. The molecule has 1 aliphatic heterocycles. The lowest BCUT2D eigenvalue weighted by Crippen LogP contribution is -2.40. The molecule has 0 unspecified atom stereocenters. The number of nitrogens with zero attached hydrogens (tertiary/aromatic N) is 1. The van der Waals surface area contributed by atoms with Crippen molar-refractivity contribution in [2.75, 3.05) is 26.3 Å². The van der Waals surface area contributed by atoms with Crippen molar-refractivity contribution in [1.29, 1.82) is 0 Å². The summed E-state index contributed by atoms with van der Waals surface area (Å²) in [6.45, 7) is 2.58. The van der Waals surface area contributed by atoms with Gasteiger partial charge >= 0.3 is 5.97 Å². The predicted octanol–water partition coefficient (Wildman–Crippen LogP) is 0.420. The Labute approximate surface area is 116 Å². The van der Waals surface area contributed by atoms with Gasteiger partial charge in [0, 0.05) is 13.1 Å². The molecule has 1 aromatic carbocycles. The van der Waals surface area contributed by atoms with Gasteiger partial charge in [-0.3, -0.25) is 0 Å². The molecule has 0 saturated carbocycles. The summed E-state index contributed by atoms with van der Waals surface area (Å²) in [5, 5.41) is 18.5. The van der Waals surface area contributed by atoms with Crippen molar-refractivity contribution in [1.82, 2.24) is 4.31 Å². The molecule has 0 radical (unpaired) electrons. The molecule has 0 aliphatic carbocycles. The number of morpholine rings is 1. The summed E-state index contributed by atoms with van der Waals surface area (Å²) in [5.41, 5.74) is -0.124. The highest BCUT2D eigenvalue weighted by molar-refractivity contribution is 7.89. The highest BCUT2D eigenvalue weighted by Crippen LogP contribution is 2.28. The van der Waals surface area contributed by atoms with E-state index in [-0.39, 0.29) is 18.0 Å². The third-order valence-corrected chi connectivity index (χ3v) is 5.15. The zero-order valence-electron chi connectivity index (χ0n) is 10.9. The second-order valence-electron chi connectivity index (χ2n) is 4.46. The van der Waals surface area contributed by atoms with Gasteiger partial charge in [-0.25, -0.2) is 13.2 Å². The maximum atomic E-state index is 12.5. The summed E-state index contributed by atoms with van der Waals surface area (Å²) in [6.07, 6.45) is 0. The summed E-state index contributed by atoms with van der Waals surface area (Å²) in [6, 6.07) is 2.15. The number of benzene rings is 1. The van der Waals surface area contributed by atoms with Crippen molar-refractivity contribution in [2.45, 2.75) is 11.8 Å². The van der Waals surface area contributed by atoms with E-state index in [0.717, 1.165) is 12.1 Å². The Morgan fingerprint density at radius 3 is 2.45 bits per heavy atom. The highest BCUT2D eigenvalue weighted by Gasteiger charge is 2.29. The quantitative estimate of drug-likeness (QED) is 0.838. The Balaban J connectivity index is 2.50. The van der Waals surface area contributed by atoms with Gasteiger partial charge in [-0.1, -0.05) is 0 Å². The van der Waals surface area contributed by atoms with Crippen molar-refractivity contribution in [3.63, 3.8) is 0 Å². The molecule has 20 heavy (non-hydrogen) atoms. The van der Waals surface area contributed by atoms with Crippen LogP contribution in [0.15, 0.2) is 17.0 Å². The molecule has 1 heterocycles. The molecule has 1 saturated heterocycles. The van der Waals surface area contributed by atoms with Crippen LogP contribution in [0.5, 0.6) is 5.75 Å². The van der Waals surface area contributed by atoms with Gasteiger partial charge in [0.15, 0.2) is 0 Å². The number of hydrogen-bond donors (Lipinski definition) is 2. The van der Waals surface area contributed by atoms with Crippen molar-refractivity contribution in [2.24, 2.45) is 0 Å². The minimum absolute atomic E-state index is 0.102. The van der Waals surface area contributed by atoms with Crippen molar-refractivity contribution < 1.29 is 28.2 Å². The monoisotopic (exact) mass is 301 g/mol. The van der Waals surface area contributed by atoms with Crippen LogP contribution in [0.2, 0.25) is 0 Å². The second kappa shape index (κ2) is 5.39. The van der Waals surface area contributed by atoms with Crippen LogP contribution in [-0.2, 0) is 14.8 Å². The summed E-state index contributed by atoms with van der Waals surface area (Å²) in [7, 11) is -3.79. The molecule has 0 bridgehead atoms. The van der Waals surface area contributed by atoms with E-state index in [1.165, 1.54) is 11.2 Å². The van der Waals surface area contributed by atoms with Gasteiger partial charge in [0.25, 0.3) is 0 Å². The standard InChI is InChI=1S/C12H15NO6S/c1-8-6-10(14)9(12(15)16)7-11(8)20(17,18)13-2-4-19-5-3-13/h6-7,14H,2-5H2,1H3,(H,15,16). The Morgan fingerprint density at radius 2 is 1.90 bits per heavy atom. The van der Waals surface area contributed by atoms with Crippen LogP contribution in [0.3, 0.4) is 0 Å². The van der Waals surface area contributed by atoms with Crippen molar-refractivity contribution in [3.8, 4) is 5.75 Å². The van der Waals surface area contributed by atoms with E-state index in [4.69, 9.17) is 9.84 Å². The van der Waals surface area contributed by atoms with E-state index in [0.29, 0.717) is 18.8 Å². The maximum Gasteiger partial charge on any atom is 0.339 e. The number of phenols is 1. The zero-order chi connectivity index (χ0) is 14.9. The molecule has 2 rings (SSSR count). The minimum Gasteiger partial charge on any atom is -0.507 e. The molecular formula is C12H15NO6S. The molecule has 2 N–H and O–H groups in total. The number of carboxylic acid groups (broad SMARTS) is 1. The summed E-state index contributed by atoms with van der Waals surface area (Å²) < 4.78 is 31.3. The zero-order valence-corrected chi connectivity index (χ0v) is 11.7. The van der Waals surface area contributed by atoms with E-state index < -0.39 is 27.3 Å². The maximum absolute atomic E-state index is 12.5. The molecule has 110 valence electrons. The molecule has 0 amide bonds. The number of aryl methyl sites for hydroxylation is 1. The van der Waals surface area contributed by atoms with E-state index in [1.807, 2.05) is 0 Å². The highest BCUT2D eigenvalue weighted by atomic mass is 32.2. The number of carboxylic acids is 1. The summed E-state index contributed by atoms with van der Waals surface area (Å²) >= 11 is 0. The van der Waals surface area contributed by atoms with E-state index in [2.05, 4.69) is 0 Å². The fourth-order valence-electron chi connectivity index (χ4n) is 2.05. The summed E-state index contributed by atoms with van der Waals surface area (Å²) in [5.74, 6) is -1.82. The molecule has 0 atom stereocenters. The van der Waals surface area contributed by atoms with Crippen LogP contribution in [0, 0.1) is 6.92 Å². The third kappa shape index (κ3) is 2.62. The predicted molar refractivity (Wildman–Crippen MR) is 69.4 cm³/mol. The Bertz CT molecular complexity index is 634. The fourth-order valence-corrected chi connectivity index (χ4v) is 3.69. The minimum atomic E-state index is -3.79. The van der Waals surface area contributed by atoms with Crippen LogP contribution in [-0.4, -0.2) is 55.2 Å². The molecule has 7 nitrogen and oxygen atoms in total. The lowest BCUT2D eigenvalue weighted by atomic mass is 10.1. The van der Waals surface area contributed by atoms with Crippen LogP contribution < -0.4 is 0 Å². The molecule has 0 spiro atoms. The van der Waals surface area contributed by atoms with Gasteiger partial charge in [-0.15, -0.1) is 0 Å². The van der Waals surface area contributed by atoms with Gasteiger partial charge < -0.3 is 14.9 Å². The number of carbonyl (C=O) groups is 1. The Hall–Kier alpha value is -1.64. The van der Waals surface area contributed by atoms with Crippen molar-refractivity contribution >= 4 is 16.0 Å². The molecular weight excluding hydrogens is 286 g/mol. The van der Waals surface area contributed by atoms with Gasteiger partial charge in [0.2, 0.25) is 10.0 Å². The first kappa shape index (κ1) is 14.8. The lowest BCUT2D eigenvalue weighted by molar-refractivity contribution is 0.0692. The van der Waals surface area contributed by atoms with Crippen LogP contribution in [0.4, 0.5) is 0 Å². The number of aromatic carboxylic acids is 1. The Morgan fingerprint density at radius 1 is 1.30 bits per heavy atom. The fraction of sp³-hybridized carbons (Fsp3) is 0.417. The topological polar surface area (TPSA) is 104 Å². The average molecular weight is 301 g/mol. The van der Waals surface area contributed by atoms with Crippen LogP contribution in [0.1, 0.15) is 15.9 Å². The number of rotatable bonds is 3. The lowest BCUT2D eigenvalue weighted by Gasteiger charge is -2.26. The number of ether oxygens (including phenoxy) is 1. The van der Waals surface area contributed by atoms with Crippen molar-refractivity contribution in [3.05, 3.63) is 23.3 Å².